The summed E-state index contributed by atoms with van der Waals surface area (Å²) in [5, 5.41) is 2.86. The minimum absolute atomic E-state index is 0.0860. The lowest BCUT2D eigenvalue weighted by atomic mass is 10.0. The normalized spacial score (nSPS) is 13.7. The Morgan fingerprint density at radius 2 is 1.94 bits per heavy atom. The van der Waals surface area contributed by atoms with Gasteiger partial charge in [-0.05, 0) is 43.7 Å². The van der Waals surface area contributed by atoms with Crippen LogP contribution in [0.3, 0.4) is 0 Å². The van der Waals surface area contributed by atoms with Gasteiger partial charge in [-0.1, -0.05) is 0 Å². The first kappa shape index (κ1) is 23.5. The number of aromatic nitrogens is 3. The summed E-state index contributed by atoms with van der Waals surface area (Å²) in [5.74, 6) is 0.554. The zero-order valence-corrected chi connectivity index (χ0v) is 18.9. The largest absolute Gasteiger partial charge is 0.478 e. The third-order valence-electron chi connectivity index (χ3n) is 5.36. The number of amides is 1. The number of pyridine rings is 3. The summed E-state index contributed by atoms with van der Waals surface area (Å²) in [5.41, 5.74) is 2.48. The minimum Gasteiger partial charge on any atom is -0.478 e. The number of nitrogens with one attached hydrogen (secondary N) is 1. The van der Waals surface area contributed by atoms with Crippen LogP contribution in [0.25, 0.3) is 11.1 Å². The van der Waals surface area contributed by atoms with Gasteiger partial charge in [-0.3, -0.25) is 9.78 Å². The van der Waals surface area contributed by atoms with Crippen molar-refractivity contribution in [3.05, 3.63) is 59.7 Å². The van der Waals surface area contributed by atoms with Crippen molar-refractivity contribution in [2.45, 2.75) is 20.3 Å². The van der Waals surface area contributed by atoms with E-state index in [0.29, 0.717) is 50.3 Å². The summed E-state index contributed by atoms with van der Waals surface area (Å²) in [4.78, 5) is 27.7. The van der Waals surface area contributed by atoms with Gasteiger partial charge in [0.2, 0.25) is 5.88 Å². The summed E-state index contributed by atoms with van der Waals surface area (Å²) in [7, 11) is 0. The van der Waals surface area contributed by atoms with E-state index in [1.807, 2.05) is 36.9 Å². The zero-order valence-electron chi connectivity index (χ0n) is 18.9. The number of halogens is 2. The van der Waals surface area contributed by atoms with Crippen LogP contribution in [-0.4, -0.2) is 53.8 Å². The van der Waals surface area contributed by atoms with Gasteiger partial charge in [0.05, 0.1) is 25.5 Å². The van der Waals surface area contributed by atoms with Crippen LogP contribution in [-0.2, 0) is 4.74 Å². The lowest BCUT2D eigenvalue weighted by Gasteiger charge is -2.30. The van der Waals surface area contributed by atoms with Crippen LogP contribution in [0.15, 0.2) is 42.7 Å². The summed E-state index contributed by atoms with van der Waals surface area (Å²) < 4.78 is 37.1. The van der Waals surface area contributed by atoms with Gasteiger partial charge in [0, 0.05) is 48.4 Å². The van der Waals surface area contributed by atoms with Gasteiger partial charge in [-0.25, -0.2) is 18.7 Å². The third kappa shape index (κ3) is 5.28. The SMILES string of the molecule is CCOc1cc(-c2cc(NC(=O)c3ccnc(C(F)F)c3)c(N3CCOCC3)nc2C)ccn1. The molecule has 0 spiro atoms. The van der Waals surface area contributed by atoms with Crippen molar-refractivity contribution in [2.75, 3.05) is 43.1 Å². The number of morpholine rings is 1. The fourth-order valence-corrected chi connectivity index (χ4v) is 3.70. The molecule has 0 aromatic carbocycles. The van der Waals surface area contributed by atoms with E-state index in [9.17, 15) is 13.6 Å². The molecule has 0 bridgehead atoms. The average molecular weight is 469 g/mol. The number of hydrogen-bond donors (Lipinski definition) is 1. The molecule has 1 saturated heterocycles. The molecule has 1 aliphatic rings. The fraction of sp³-hybridized carbons (Fsp3) is 0.333. The molecule has 1 amide bonds. The van der Waals surface area contributed by atoms with Crippen LogP contribution in [0.2, 0.25) is 0 Å². The topological polar surface area (TPSA) is 89.5 Å². The molecule has 34 heavy (non-hydrogen) atoms. The molecule has 8 nitrogen and oxygen atoms in total. The highest BCUT2D eigenvalue weighted by atomic mass is 19.3. The highest BCUT2D eigenvalue weighted by Gasteiger charge is 2.21. The van der Waals surface area contributed by atoms with E-state index >= 15 is 0 Å². The Labute approximate surface area is 196 Å². The summed E-state index contributed by atoms with van der Waals surface area (Å²) in [6.45, 7) is 6.57. The third-order valence-corrected chi connectivity index (χ3v) is 5.36. The number of alkyl halides is 2. The fourth-order valence-electron chi connectivity index (χ4n) is 3.70. The van der Waals surface area contributed by atoms with Gasteiger partial charge in [0.15, 0.2) is 5.82 Å². The smallest absolute Gasteiger partial charge is 0.280 e. The zero-order chi connectivity index (χ0) is 24.1. The molecule has 4 rings (SSSR count). The molecular formula is C24H25F2N5O3. The molecule has 0 aliphatic carbocycles. The van der Waals surface area contributed by atoms with Crippen LogP contribution in [0.4, 0.5) is 20.3 Å². The van der Waals surface area contributed by atoms with E-state index in [4.69, 9.17) is 14.5 Å². The molecule has 1 aliphatic heterocycles. The molecular weight excluding hydrogens is 444 g/mol. The van der Waals surface area contributed by atoms with Crippen LogP contribution < -0.4 is 15.0 Å². The van der Waals surface area contributed by atoms with E-state index < -0.39 is 18.0 Å². The van der Waals surface area contributed by atoms with Crippen molar-refractivity contribution < 1.29 is 23.0 Å². The Balaban J connectivity index is 1.74. The van der Waals surface area contributed by atoms with Crippen LogP contribution in [0, 0.1) is 6.92 Å². The Bertz CT molecular complexity index is 1170. The summed E-state index contributed by atoms with van der Waals surface area (Å²) in [6.07, 6.45) is 0.0803. The van der Waals surface area contributed by atoms with Gasteiger partial charge >= 0.3 is 0 Å². The second kappa shape index (κ2) is 10.5. The van der Waals surface area contributed by atoms with E-state index in [-0.39, 0.29) is 5.56 Å². The minimum atomic E-state index is -2.77. The highest BCUT2D eigenvalue weighted by Crippen LogP contribution is 2.33. The molecule has 0 radical (unpaired) electrons. The average Bonchev–Trinajstić information content (AvgIpc) is 2.86. The number of anilines is 2. The Morgan fingerprint density at radius 1 is 1.18 bits per heavy atom. The van der Waals surface area contributed by atoms with Crippen molar-refractivity contribution >= 4 is 17.4 Å². The molecule has 0 unspecified atom stereocenters. The number of aryl methyl sites for hydroxylation is 1. The van der Waals surface area contributed by atoms with Crippen molar-refractivity contribution in [3.8, 4) is 17.0 Å². The number of ether oxygens (including phenoxy) is 2. The second-order valence-corrected chi connectivity index (χ2v) is 7.63. The quantitative estimate of drug-likeness (QED) is 0.553. The Kier molecular flexibility index (Phi) is 7.27. The van der Waals surface area contributed by atoms with Crippen molar-refractivity contribution in [3.63, 3.8) is 0 Å². The number of carbonyl (C=O) groups is 1. The Hall–Kier alpha value is -3.66. The van der Waals surface area contributed by atoms with Gasteiger partial charge in [-0.15, -0.1) is 0 Å². The first-order valence-electron chi connectivity index (χ1n) is 10.9. The molecule has 1 N–H and O–H groups in total. The van der Waals surface area contributed by atoms with Crippen molar-refractivity contribution in [1.29, 1.82) is 0 Å². The molecule has 10 heteroatoms. The van der Waals surface area contributed by atoms with Gasteiger partial charge < -0.3 is 19.7 Å². The lowest BCUT2D eigenvalue weighted by Crippen LogP contribution is -2.37. The monoisotopic (exact) mass is 469 g/mol. The molecule has 3 aromatic rings. The Morgan fingerprint density at radius 3 is 2.68 bits per heavy atom. The number of rotatable bonds is 7. The number of carbonyl (C=O) groups excluding carboxylic acids is 1. The molecule has 0 atom stereocenters. The first-order valence-corrected chi connectivity index (χ1v) is 10.9. The van der Waals surface area contributed by atoms with Gasteiger partial charge in [-0.2, -0.15) is 0 Å². The first-order chi connectivity index (χ1) is 16.5. The molecule has 1 fully saturated rings. The predicted molar refractivity (Wildman–Crippen MR) is 124 cm³/mol. The number of hydrogen-bond acceptors (Lipinski definition) is 7. The van der Waals surface area contributed by atoms with E-state index in [1.165, 1.54) is 12.3 Å². The van der Waals surface area contributed by atoms with Crippen molar-refractivity contribution in [2.24, 2.45) is 0 Å². The molecule has 4 heterocycles. The molecule has 0 saturated carbocycles. The van der Waals surface area contributed by atoms with Crippen LogP contribution in [0.5, 0.6) is 5.88 Å². The van der Waals surface area contributed by atoms with E-state index in [1.54, 1.807) is 6.20 Å². The maximum atomic E-state index is 13.1. The maximum Gasteiger partial charge on any atom is 0.280 e. The van der Waals surface area contributed by atoms with Crippen LogP contribution in [0.1, 0.15) is 35.1 Å². The van der Waals surface area contributed by atoms with Crippen LogP contribution >= 0.6 is 0 Å². The van der Waals surface area contributed by atoms with Crippen molar-refractivity contribution in [1.82, 2.24) is 15.0 Å². The second-order valence-electron chi connectivity index (χ2n) is 7.63. The van der Waals surface area contributed by atoms with E-state index in [2.05, 4.69) is 15.3 Å². The number of nitrogens with zero attached hydrogens (tertiary/aromatic N) is 4. The highest BCUT2D eigenvalue weighted by molar-refractivity contribution is 6.06. The van der Waals surface area contributed by atoms with Gasteiger partial charge in [0.25, 0.3) is 12.3 Å². The summed E-state index contributed by atoms with van der Waals surface area (Å²) in [6, 6.07) is 7.98. The molecule has 3 aromatic heterocycles. The summed E-state index contributed by atoms with van der Waals surface area (Å²) >= 11 is 0. The lowest BCUT2D eigenvalue weighted by molar-refractivity contribution is 0.102. The molecule has 178 valence electrons. The van der Waals surface area contributed by atoms with E-state index in [0.717, 1.165) is 22.9 Å². The predicted octanol–water partition coefficient (Wildman–Crippen LogP) is 4.27. The standard InChI is InChI=1S/C24H25F2N5O3/c1-3-34-21-13-16(4-7-28-21)18-14-20(23(29-15(18)2)31-8-10-33-11-9-31)30-24(32)17-5-6-27-19(12-17)22(25)26/h4-7,12-14,22H,3,8-11H2,1-2H3,(H,30,32). The van der Waals surface area contributed by atoms with Gasteiger partial charge in [0.1, 0.15) is 5.69 Å². The maximum absolute atomic E-state index is 13.1.